The Morgan fingerprint density at radius 3 is 2.53 bits per heavy atom. The molecule has 2 fully saturated rings. The monoisotopic (exact) mass is 488 g/mol. The van der Waals surface area contributed by atoms with Crippen LogP contribution in [0.5, 0.6) is 0 Å². The molecular weight excluding hydrogens is 464 g/mol. The molecule has 0 radical (unpaired) electrons. The van der Waals surface area contributed by atoms with E-state index in [1.165, 1.54) is 0 Å². The Kier molecular flexibility index (Phi) is 6.77. The summed E-state index contributed by atoms with van der Waals surface area (Å²) in [5, 5.41) is 3.00. The molecule has 0 spiro atoms. The van der Waals surface area contributed by atoms with Crippen LogP contribution in [0.1, 0.15) is 33.9 Å². The molecular formula is C22H25BrN4O2S. The average molecular weight is 489 g/mol. The zero-order valence-corrected chi connectivity index (χ0v) is 19.2. The summed E-state index contributed by atoms with van der Waals surface area (Å²) < 4.78 is 1.03. The van der Waals surface area contributed by atoms with Crippen LogP contribution >= 0.6 is 27.7 Å². The van der Waals surface area contributed by atoms with Crippen molar-refractivity contribution in [3.05, 3.63) is 63.6 Å². The lowest BCUT2D eigenvalue weighted by molar-refractivity contribution is -0.117. The highest BCUT2D eigenvalue weighted by molar-refractivity contribution is 9.10. The largest absolute Gasteiger partial charge is 0.337 e. The van der Waals surface area contributed by atoms with Crippen LogP contribution in [0.4, 0.5) is 5.69 Å². The minimum absolute atomic E-state index is 0.0651. The number of thioether (sulfide) groups is 1. The van der Waals surface area contributed by atoms with E-state index in [1.54, 1.807) is 6.07 Å². The molecule has 2 aliphatic rings. The average Bonchev–Trinajstić information content (AvgIpc) is 3.26. The standard InChI is InChI=1S/C22H25BrN4O2S/c1-14-12-16(22(29)27-8-10-30-11-9-27)4-7-18(14)24-21(28)20-13-19(25-26-20)15-2-5-17(23)6-3-15/h2-7,12,19-20,25-26H,8-11,13H2,1H3,(H,24,28). The molecule has 2 unspecified atom stereocenters. The summed E-state index contributed by atoms with van der Waals surface area (Å²) in [5.41, 5.74) is 9.73. The highest BCUT2D eigenvalue weighted by Crippen LogP contribution is 2.25. The van der Waals surface area contributed by atoms with E-state index in [-0.39, 0.29) is 23.9 Å². The van der Waals surface area contributed by atoms with E-state index in [2.05, 4.69) is 32.1 Å². The maximum atomic E-state index is 12.8. The minimum atomic E-state index is -0.329. The second-order valence-corrected chi connectivity index (χ2v) is 9.75. The lowest BCUT2D eigenvalue weighted by Gasteiger charge is -2.26. The van der Waals surface area contributed by atoms with Gasteiger partial charge in [-0.15, -0.1) is 0 Å². The predicted molar refractivity (Wildman–Crippen MR) is 125 cm³/mol. The van der Waals surface area contributed by atoms with Crippen molar-refractivity contribution < 1.29 is 9.59 Å². The number of hydrazine groups is 1. The Bertz CT molecular complexity index is 931. The number of halogens is 1. The highest BCUT2D eigenvalue weighted by Gasteiger charge is 2.30. The lowest BCUT2D eigenvalue weighted by atomic mass is 10.0. The molecule has 0 saturated carbocycles. The first kappa shape index (κ1) is 21.4. The van der Waals surface area contributed by atoms with Crippen LogP contribution in [0.2, 0.25) is 0 Å². The Hall–Kier alpha value is -1.87. The quantitative estimate of drug-likeness (QED) is 0.614. The summed E-state index contributed by atoms with van der Waals surface area (Å²) in [6, 6.07) is 13.3. The first-order valence-corrected chi connectivity index (χ1v) is 12.0. The van der Waals surface area contributed by atoms with Gasteiger partial charge in [-0.05, 0) is 54.8 Å². The maximum Gasteiger partial charge on any atom is 0.253 e. The number of amides is 2. The van der Waals surface area contributed by atoms with Crippen LogP contribution in [-0.2, 0) is 4.79 Å². The summed E-state index contributed by atoms with van der Waals surface area (Å²) >= 11 is 5.32. The van der Waals surface area contributed by atoms with Gasteiger partial charge in [0.05, 0.1) is 0 Å². The van der Waals surface area contributed by atoms with Crippen LogP contribution in [0.25, 0.3) is 0 Å². The molecule has 2 heterocycles. The number of hydrogen-bond acceptors (Lipinski definition) is 5. The van der Waals surface area contributed by atoms with Crippen molar-refractivity contribution in [1.29, 1.82) is 0 Å². The van der Waals surface area contributed by atoms with Gasteiger partial charge < -0.3 is 10.2 Å². The number of carbonyl (C=O) groups is 2. The molecule has 2 atom stereocenters. The third-order valence-corrected chi connectivity index (χ3v) is 6.99. The molecule has 0 aliphatic carbocycles. The van der Waals surface area contributed by atoms with Gasteiger partial charge in [0.1, 0.15) is 6.04 Å². The van der Waals surface area contributed by atoms with Crippen molar-refractivity contribution >= 4 is 45.2 Å². The van der Waals surface area contributed by atoms with Crippen molar-refractivity contribution in [3.63, 3.8) is 0 Å². The zero-order valence-electron chi connectivity index (χ0n) is 16.8. The third kappa shape index (κ3) is 4.88. The van der Waals surface area contributed by atoms with Gasteiger partial charge in [0.15, 0.2) is 0 Å². The van der Waals surface area contributed by atoms with Crippen molar-refractivity contribution in [3.8, 4) is 0 Å². The van der Waals surface area contributed by atoms with E-state index in [0.717, 1.165) is 45.9 Å². The molecule has 0 aromatic heterocycles. The first-order valence-electron chi connectivity index (χ1n) is 10.1. The highest BCUT2D eigenvalue weighted by atomic mass is 79.9. The second kappa shape index (κ2) is 9.51. The number of benzene rings is 2. The zero-order chi connectivity index (χ0) is 21.1. The van der Waals surface area contributed by atoms with Crippen LogP contribution in [0.15, 0.2) is 46.9 Å². The fourth-order valence-corrected chi connectivity index (χ4v) is 4.92. The van der Waals surface area contributed by atoms with Gasteiger partial charge in [0.25, 0.3) is 5.91 Å². The molecule has 158 valence electrons. The topological polar surface area (TPSA) is 73.5 Å². The van der Waals surface area contributed by atoms with Gasteiger partial charge in [-0.2, -0.15) is 11.8 Å². The van der Waals surface area contributed by atoms with E-state index in [1.807, 2.05) is 60.0 Å². The van der Waals surface area contributed by atoms with Crippen molar-refractivity contribution in [2.75, 3.05) is 29.9 Å². The van der Waals surface area contributed by atoms with E-state index in [4.69, 9.17) is 0 Å². The molecule has 2 aliphatic heterocycles. The number of anilines is 1. The summed E-state index contributed by atoms with van der Waals surface area (Å²) in [4.78, 5) is 27.4. The summed E-state index contributed by atoms with van der Waals surface area (Å²) in [7, 11) is 0. The molecule has 8 heteroatoms. The second-order valence-electron chi connectivity index (χ2n) is 7.60. The molecule has 30 heavy (non-hydrogen) atoms. The van der Waals surface area contributed by atoms with Crippen molar-refractivity contribution in [1.82, 2.24) is 15.8 Å². The molecule has 2 aromatic carbocycles. The van der Waals surface area contributed by atoms with Crippen LogP contribution in [-0.4, -0.2) is 47.4 Å². The van der Waals surface area contributed by atoms with Gasteiger partial charge >= 0.3 is 0 Å². The number of nitrogens with zero attached hydrogens (tertiary/aromatic N) is 1. The third-order valence-electron chi connectivity index (χ3n) is 5.52. The normalized spacial score (nSPS) is 21.5. The number of aryl methyl sites for hydroxylation is 1. The molecule has 2 saturated heterocycles. The van der Waals surface area contributed by atoms with E-state index in [0.29, 0.717) is 12.0 Å². The smallest absolute Gasteiger partial charge is 0.253 e. The van der Waals surface area contributed by atoms with Gasteiger partial charge in [-0.3, -0.25) is 9.59 Å². The first-order chi connectivity index (χ1) is 14.5. The van der Waals surface area contributed by atoms with E-state index in [9.17, 15) is 9.59 Å². The number of rotatable bonds is 4. The van der Waals surface area contributed by atoms with Crippen LogP contribution in [0, 0.1) is 6.92 Å². The van der Waals surface area contributed by atoms with Crippen LogP contribution < -0.4 is 16.2 Å². The van der Waals surface area contributed by atoms with Gasteiger partial charge in [0, 0.05) is 46.4 Å². The predicted octanol–water partition coefficient (Wildman–Crippen LogP) is 3.49. The maximum absolute atomic E-state index is 12.8. The van der Waals surface area contributed by atoms with Gasteiger partial charge in [0.2, 0.25) is 5.91 Å². The molecule has 2 amide bonds. The number of carbonyl (C=O) groups excluding carboxylic acids is 2. The lowest BCUT2D eigenvalue weighted by Crippen LogP contribution is -2.39. The summed E-state index contributed by atoms with van der Waals surface area (Å²) in [5.74, 6) is 1.96. The molecule has 2 aromatic rings. The Morgan fingerprint density at radius 2 is 1.83 bits per heavy atom. The molecule has 0 bridgehead atoms. The summed E-state index contributed by atoms with van der Waals surface area (Å²) in [6.07, 6.45) is 0.663. The van der Waals surface area contributed by atoms with E-state index < -0.39 is 0 Å². The molecule has 3 N–H and O–H groups in total. The number of hydrogen-bond donors (Lipinski definition) is 3. The van der Waals surface area contributed by atoms with Crippen molar-refractivity contribution in [2.24, 2.45) is 0 Å². The van der Waals surface area contributed by atoms with Gasteiger partial charge in [-0.25, -0.2) is 10.9 Å². The molecule has 4 rings (SSSR count). The van der Waals surface area contributed by atoms with Crippen molar-refractivity contribution in [2.45, 2.75) is 25.4 Å². The Balaban J connectivity index is 1.37. The Morgan fingerprint density at radius 1 is 1.10 bits per heavy atom. The SMILES string of the molecule is Cc1cc(C(=O)N2CCSCC2)ccc1NC(=O)C1CC(c2ccc(Br)cc2)NN1. The Labute approximate surface area is 189 Å². The minimum Gasteiger partial charge on any atom is -0.337 e. The summed E-state index contributed by atoms with van der Waals surface area (Å²) in [6.45, 7) is 3.51. The van der Waals surface area contributed by atoms with Crippen LogP contribution in [0.3, 0.4) is 0 Å². The number of nitrogens with one attached hydrogen (secondary N) is 3. The fourth-order valence-electron chi connectivity index (χ4n) is 3.75. The molecule has 6 nitrogen and oxygen atoms in total. The van der Waals surface area contributed by atoms with E-state index >= 15 is 0 Å². The fraction of sp³-hybridized carbons (Fsp3) is 0.364. The van der Waals surface area contributed by atoms with Gasteiger partial charge in [-0.1, -0.05) is 28.1 Å².